The molecular formula is C28H26F2N6O2. The number of carbonyl (C=O) groups is 1. The van der Waals surface area contributed by atoms with E-state index in [1.54, 1.807) is 41.0 Å². The standard InChI is InChI=1S/C28H26F2N6O2/c1-14-6-8-28(14,31)26-32-12-16(13-33-26)15-7-9-36-19(10-15)23-18-11-20(24(23)34-36)35(2)25(37)17-4-3-5-21(22(17)18)38-27(29)30/h3-5,7,9-10,12-14,18,20,27H,6,8,11,31H2,1-2H3. The Morgan fingerprint density at radius 2 is 1.95 bits per heavy atom. The van der Waals surface area contributed by atoms with E-state index in [4.69, 9.17) is 15.6 Å². The second-order valence-corrected chi connectivity index (χ2v) is 10.6. The van der Waals surface area contributed by atoms with E-state index < -0.39 is 12.2 Å². The molecule has 3 aromatic heterocycles. The SMILES string of the molecule is CC1CCC1(N)c1ncc(-c2ccn3nc4c(c3c2)C2CC4N(C)C(=O)c3cccc(OC(F)F)c32)cn1. The summed E-state index contributed by atoms with van der Waals surface area (Å²) >= 11 is 0. The number of benzene rings is 1. The van der Waals surface area contributed by atoms with Crippen molar-refractivity contribution in [1.29, 1.82) is 0 Å². The molecule has 2 bridgehead atoms. The van der Waals surface area contributed by atoms with Crippen LogP contribution in [0, 0.1) is 5.92 Å². The number of hydrogen-bond acceptors (Lipinski definition) is 6. The van der Waals surface area contributed by atoms with Crippen LogP contribution in [0.25, 0.3) is 16.6 Å². The lowest BCUT2D eigenvalue weighted by Crippen LogP contribution is -2.51. The van der Waals surface area contributed by atoms with Gasteiger partial charge in [0.2, 0.25) is 0 Å². The fourth-order valence-electron chi connectivity index (χ4n) is 6.34. The van der Waals surface area contributed by atoms with Crippen LogP contribution in [0.1, 0.15) is 71.1 Å². The van der Waals surface area contributed by atoms with Crippen LogP contribution in [0.4, 0.5) is 8.78 Å². The van der Waals surface area contributed by atoms with E-state index in [0.717, 1.165) is 40.7 Å². The molecule has 4 aromatic rings. The highest BCUT2D eigenvalue weighted by atomic mass is 19.3. The molecule has 1 amide bonds. The molecule has 0 saturated heterocycles. The zero-order valence-electron chi connectivity index (χ0n) is 20.9. The van der Waals surface area contributed by atoms with Crippen LogP contribution in [0.15, 0.2) is 48.9 Å². The van der Waals surface area contributed by atoms with E-state index in [1.807, 2.05) is 18.3 Å². The minimum absolute atomic E-state index is 0.0261. The van der Waals surface area contributed by atoms with Gasteiger partial charge in [0.25, 0.3) is 5.91 Å². The molecule has 4 atom stereocenters. The first kappa shape index (κ1) is 23.2. The van der Waals surface area contributed by atoms with Crippen LogP contribution in [-0.4, -0.2) is 44.0 Å². The number of nitrogens with zero attached hydrogens (tertiary/aromatic N) is 5. The Bertz CT molecular complexity index is 1600. The number of amides is 1. The van der Waals surface area contributed by atoms with E-state index in [0.29, 0.717) is 29.3 Å². The lowest BCUT2D eigenvalue weighted by molar-refractivity contribution is -0.0505. The quantitative estimate of drug-likeness (QED) is 0.424. The Labute approximate surface area is 217 Å². The summed E-state index contributed by atoms with van der Waals surface area (Å²) in [6.45, 7) is -0.878. The summed E-state index contributed by atoms with van der Waals surface area (Å²) in [7, 11) is 1.73. The average Bonchev–Trinajstić information content (AvgIpc) is 3.44. The summed E-state index contributed by atoms with van der Waals surface area (Å²) in [5.41, 5.74) is 11.2. The number of rotatable bonds is 4. The average molecular weight is 517 g/mol. The molecule has 0 radical (unpaired) electrons. The minimum Gasteiger partial charge on any atom is -0.434 e. The molecule has 1 fully saturated rings. The second kappa shape index (κ2) is 8.04. The van der Waals surface area contributed by atoms with Gasteiger partial charge in [0, 0.05) is 53.8 Å². The molecule has 1 aromatic carbocycles. The van der Waals surface area contributed by atoms with Crippen LogP contribution in [0.3, 0.4) is 0 Å². The molecule has 1 saturated carbocycles. The summed E-state index contributed by atoms with van der Waals surface area (Å²) in [6.07, 6.45) is 7.95. The fourth-order valence-corrected chi connectivity index (χ4v) is 6.34. The van der Waals surface area contributed by atoms with Gasteiger partial charge in [-0.15, -0.1) is 0 Å². The van der Waals surface area contributed by atoms with Gasteiger partial charge in [-0.1, -0.05) is 13.0 Å². The maximum atomic E-state index is 13.3. The maximum absolute atomic E-state index is 13.3. The Morgan fingerprint density at radius 3 is 2.63 bits per heavy atom. The smallest absolute Gasteiger partial charge is 0.387 e. The molecule has 2 N–H and O–H groups in total. The van der Waals surface area contributed by atoms with Gasteiger partial charge in [-0.3, -0.25) is 4.79 Å². The van der Waals surface area contributed by atoms with Crippen molar-refractivity contribution in [3.8, 4) is 16.9 Å². The highest BCUT2D eigenvalue weighted by Crippen LogP contribution is 2.53. The van der Waals surface area contributed by atoms with Gasteiger partial charge in [-0.05, 0) is 55.0 Å². The van der Waals surface area contributed by atoms with Gasteiger partial charge in [-0.2, -0.15) is 13.9 Å². The second-order valence-electron chi connectivity index (χ2n) is 10.6. The molecule has 8 nitrogen and oxygen atoms in total. The monoisotopic (exact) mass is 516 g/mol. The number of hydrogen-bond donors (Lipinski definition) is 1. The summed E-state index contributed by atoms with van der Waals surface area (Å²) in [4.78, 5) is 24.2. The number of alkyl halides is 2. The Balaban J connectivity index is 1.35. The number of nitrogens with two attached hydrogens (primary N) is 1. The van der Waals surface area contributed by atoms with E-state index >= 15 is 0 Å². The lowest BCUT2D eigenvalue weighted by Gasteiger charge is -2.43. The van der Waals surface area contributed by atoms with Gasteiger partial charge in [0.1, 0.15) is 11.6 Å². The molecule has 1 aliphatic heterocycles. The first-order valence-corrected chi connectivity index (χ1v) is 12.7. The molecular weight excluding hydrogens is 490 g/mol. The van der Waals surface area contributed by atoms with Crippen molar-refractivity contribution in [1.82, 2.24) is 24.5 Å². The van der Waals surface area contributed by atoms with Crippen molar-refractivity contribution in [2.45, 2.75) is 50.3 Å². The molecule has 0 spiro atoms. The molecule has 3 aliphatic rings. The van der Waals surface area contributed by atoms with Crippen LogP contribution in [0.5, 0.6) is 5.75 Å². The molecule has 4 heterocycles. The molecule has 10 heteroatoms. The zero-order valence-corrected chi connectivity index (χ0v) is 20.9. The van der Waals surface area contributed by atoms with Gasteiger partial charge in [0.05, 0.1) is 22.8 Å². The van der Waals surface area contributed by atoms with E-state index in [1.165, 1.54) is 6.07 Å². The van der Waals surface area contributed by atoms with Crippen molar-refractivity contribution in [3.63, 3.8) is 0 Å². The van der Waals surface area contributed by atoms with Gasteiger partial charge >= 0.3 is 6.61 Å². The molecule has 4 unspecified atom stereocenters. The first-order chi connectivity index (χ1) is 18.3. The maximum Gasteiger partial charge on any atom is 0.387 e. The predicted octanol–water partition coefficient (Wildman–Crippen LogP) is 4.64. The highest BCUT2D eigenvalue weighted by Gasteiger charge is 2.46. The zero-order chi connectivity index (χ0) is 26.3. The fraction of sp³-hybridized carbons (Fsp3) is 0.357. The van der Waals surface area contributed by atoms with Crippen molar-refractivity contribution in [2.75, 3.05) is 7.05 Å². The van der Waals surface area contributed by atoms with Gasteiger partial charge in [-0.25, -0.2) is 14.5 Å². The minimum atomic E-state index is -3.00. The highest BCUT2D eigenvalue weighted by molar-refractivity contribution is 5.98. The number of halogens is 2. The molecule has 194 valence electrons. The van der Waals surface area contributed by atoms with Crippen LogP contribution >= 0.6 is 0 Å². The number of pyridine rings is 1. The van der Waals surface area contributed by atoms with Crippen LogP contribution < -0.4 is 10.5 Å². The summed E-state index contributed by atoms with van der Waals surface area (Å²) in [6, 6.07) is 8.44. The van der Waals surface area contributed by atoms with Crippen molar-refractivity contribution < 1.29 is 18.3 Å². The number of fused-ring (bicyclic) bond motifs is 9. The Kier molecular flexibility index (Phi) is 4.91. The lowest BCUT2D eigenvalue weighted by atomic mass is 9.68. The number of carbonyl (C=O) groups excluding carboxylic acids is 1. The third-order valence-corrected chi connectivity index (χ3v) is 8.75. The van der Waals surface area contributed by atoms with Gasteiger partial charge < -0.3 is 15.4 Å². The molecule has 2 aliphatic carbocycles. The van der Waals surface area contributed by atoms with E-state index in [-0.39, 0.29) is 23.6 Å². The topological polar surface area (TPSA) is 98.6 Å². The van der Waals surface area contributed by atoms with Gasteiger partial charge in [0.15, 0.2) is 0 Å². The third-order valence-electron chi connectivity index (χ3n) is 8.75. The first-order valence-electron chi connectivity index (χ1n) is 12.7. The summed E-state index contributed by atoms with van der Waals surface area (Å²) < 4.78 is 33.4. The van der Waals surface area contributed by atoms with Crippen molar-refractivity contribution in [3.05, 3.63) is 77.1 Å². The van der Waals surface area contributed by atoms with Crippen LogP contribution in [-0.2, 0) is 5.54 Å². The normalized spacial score (nSPS) is 25.8. The van der Waals surface area contributed by atoms with Crippen molar-refractivity contribution in [2.24, 2.45) is 11.7 Å². The summed E-state index contributed by atoms with van der Waals surface area (Å²) in [5.74, 6) is 0.475. The van der Waals surface area contributed by atoms with Crippen molar-refractivity contribution >= 4 is 11.4 Å². The molecule has 7 rings (SSSR count). The number of ether oxygens (including phenoxy) is 1. The van der Waals surface area contributed by atoms with E-state index in [9.17, 15) is 13.6 Å². The molecule has 38 heavy (non-hydrogen) atoms. The Morgan fingerprint density at radius 1 is 1.16 bits per heavy atom. The summed E-state index contributed by atoms with van der Waals surface area (Å²) in [5, 5.41) is 4.82. The van der Waals surface area contributed by atoms with Crippen LogP contribution in [0.2, 0.25) is 0 Å². The third kappa shape index (κ3) is 3.16. The van der Waals surface area contributed by atoms with E-state index in [2.05, 4.69) is 16.9 Å². The number of aromatic nitrogens is 4. The largest absolute Gasteiger partial charge is 0.434 e. The predicted molar refractivity (Wildman–Crippen MR) is 135 cm³/mol. The Hall–Kier alpha value is -3.92.